The van der Waals surface area contributed by atoms with Crippen LogP contribution in [0.1, 0.15) is 50.6 Å². The molecular weight excluding hydrogens is 264 g/mol. The predicted octanol–water partition coefficient (Wildman–Crippen LogP) is 2.27. The first-order valence-corrected chi connectivity index (χ1v) is 8.17. The maximum atomic E-state index is 12.1. The number of carbonyl (C=O) groups is 1. The van der Waals surface area contributed by atoms with Gasteiger partial charge in [-0.1, -0.05) is 19.3 Å². The molecule has 1 aliphatic heterocycles. The maximum absolute atomic E-state index is 12.1. The fourth-order valence-corrected chi connectivity index (χ4v) is 3.24. The number of nitrogens with one attached hydrogen (secondary N) is 1. The monoisotopic (exact) mass is 288 g/mol. The molecule has 5 nitrogen and oxygen atoms in total. The van der Waals surface area contributed by atoms with E-state index in [0.717, 1.165) is 37.6 Å². The summed E-state index contributed by atoms with van der Waals surface area (Å²) >= 11 is 0. The molecule has 0 atom stereocenters. The second-order valence-electron chi connectivity index (χ2n) is 6.09. The number of rotatable bonds is 4. The van der Waals surface area contributed by atoms with Gasteiger partial charge >= 0.3 is 0 Å². The van der Waals surface area contributed by atoms with Gasteiger partial charge in [0.25, 0.3) is 0 Å². The molecule has 5 heteroatoms. The molecule has 3 rings (SSSR count). The van der Waals surface area contributed by atoms with Crippen LogP contribution >= 0.6 is 0 Å². The van der Waals surface area contributed by atoms with Crippen LogP contribution in [0, 0.1) is 5.92 Å². The van der Waals surface area contributed by atoms with Crippen molar-refractivity contribution >= 4 is 11.9 Å². The summed E-state index contributed by atoms with van der Waals surface area (Å²) in [6.07, 6.45) is 9.94. The molecule has 1 N–H and O–H groups in total. The van der Waals surface area contributed by atoms with Gasteiger partial charge in [0.05, 0.1) is 12.2 Å². The van der Waals surface area contributed by atoms with Crippen LogP contribution in [0.3, 0.4) is 0 Å². The second kappa shape index (κ2) is 6.87. The van der Waals surface area contributed by atoms with E-state index in [1.54, 1.807) is 6.20 Å². The largest absolute Gasteiger partial charge is 0.350 e. The third-order valence-electron chi connectivity index (χ3n) is 4.51. The van der Waals surface area contributed by atoms with Crippen molar-refractivity contribution < 1.29 is 4.79 Å². The summed E-state index contributed by atoms with van der Waals surface area (Å²) in [5.74, 6) is 1.20. The number of carbonyl (C=O) groups excluding carboxylic acids is 1. The molecule has 21 heavy (non-hydrogen) atoms. The zero-order valence-electron chi connectivity index (χ0n) is 12.6. The zero-order chi connectivity index (χ0) is 14.5. The van der Waals surface area contributed by atoms with Gasteiger partial charge in [0.1, 0.15) is 0 Å². The van der Waals surface area contributed by atoms with Crippen molar-refractivity contribution in [3.8, 4) is 0 Å². The molecule has 2 aliphatic rings. The van der Waals surface area contributed by atoms with E-state index in [0.29, 0.717) is 6.54 Å². The van der Waals surface area contributed by atoms with E-state index >= 15 is 0 Å². The minimum Gasteiger partial charge on any atom is -0.350 e. The summed E-state index contributed by atoms with van der Waals surface area (Å²) in [6.45, 7) is 2.59. The molecule has 0 bridgehead atoms. The minimum atomic E-state index is 0.191. The van der Waals surface area contributed by atoms with E-state index < -0.39 is 0 Å². The summed E-state index contributed by atoms with van der Waals surface area (Å²) in [5, 5.41) is 3.04. The fraction of sp³-hybridized carbons (Fsp3) is 0.688. The van der Waals surface area contributed by atoms with E-state index in [2.05, 4.69) is 20.2 Å². The van der Waals surface area contributed by atoms with Gasteiger partial charge in [-0.25, -0.2) is 9.97 Å². The first-order valence-electron chi connectivity index (χ1n) is 8.17. The van der Waals surface area contributed by atoms with Crippen molar-refractivity contribution in [2.45, 2.75) is 51.5 Å². The number of aromatic nitrogens is 2. The van der Waals surface area contributed by atoms with E-state index in [1.165, 1.54) is 32.1 Å². The van der Waals surface area contributed by atoms with E-state index in [4.69, 9.17) is 0 Å². The summed E-state index contributed by atoms with van der Waals surface area (Å²) in [5.41, 5.74) is 0.899. The van der Waals surface area contributed by atoms with Crippen LogP contribution < -0.4 is 10.2 Å². The summed E-state index contributed by atoms with van der Waals surface area (Å²) < 4.78 is 0. The van der Waals surface area contributed by atoms with Gasteiger partial charge in [0.15, 0.2) is 0 Å². The molecule has 2 heterocycles. The lowest BCUT2D eigenvalue weighted by molar-refractivity contribution is -0.126. The topological polar surface area (TPSA) is 58.1 Å². The molecular formula is C16H24N4O. The standard InChI is InChI=1S/C16H24N4O/c21-15(13-6-2-1-3-7-13)18-12-14-8-9-17-16(19-14)20-10-4-5-11-20/h8-9,13H,1-7,10-12H2,(H,18,21). The molecule has 1 amide bonds. The quantitative estimate of drug-likeness (QED) is 0.923. The number of nitrogens with zero attached hydrogens (tertiary/aromatic N) is 3. The zero-order valence-corrected chi connectivity index (χ0v) is 12.6. The highest BCUT2D eigenvalue weighted by Gasteiger charge is 2.21. The number of hydrogen-bond acceptors (Lipinski definition) is 4. The summed E-state index contributed by atoms with van der Waals surface area (Å²) in [6, 6.07) is 1.89. The van der Waals surface area contributed by atoms with Crippen LogP contribution in [0.5, 0.6) is 0 Å². The smallest absolute Gasteiger partial charge is 0.225 e. The van der Waals surface area contributed by atoms with Gasteiger partial charge in [-0.3, -0.25) is 4.79 Å². The Morgan fingerprint density at radius 2 is 1.95 bits per heavy atom. The third-order valence-corrected chi connectivity index (χ3v) is 4.51. The van der Waals surface area contributed by atoms with Gasteiger partial charge in [-0.15, -0.1) is 0 Å². The Morgan fingerprint density at radius 3 is 2.71 bits per heavy atom. The van der Waals surface area contributed by atoms with Crippen molar-refractivity contribution in [1.82, 2.24) is 15.3 Å². The lowest BCUT2D eigenvalue weighted by Gasteiger charge is -2.20. The highest BCUT2D eigenvalue weighted by molar-refractivity contribution is 5.78. The van der Waals surface area contributed by atoms with Crippen LogP contribution in [-0.4, -0.2) is 29.0 Å². The third kappa shape index (κ3) is 3.71. The van der Waals surface area contributed by atoms with Gasteiger partial charge in [0.2, 0.25) is 11.9 Å². The fourth-order valence-electron chi connectivity index (χ4n) is 3.24. The molecule has 0 spiro atoms. The van der Waals surface area contributed by atoms with Crippen molar-refractivity contribution in [2.24, 2.45) is 5.92 Å². The van der Waals surface area contributed by atoms with Gasteiger partial charge < -0.3 is 10.2 Å². The molecule has 1 aromatic heterocycles. The van der Waals surface area contributed by atoms with Gasteiger partial charge in [-0.05, 0) is 31.7 Å². The summed E-state index contributed by atoms with van der Waals surface area (Å²) in [7, 11) is 0. The molecule has 1 saturated carbocycles. The van der Waals surface area contributed by atoms with Crippen LogP contribution in [0.25, 0.3) is 0 Å². The maximum Gasteiger partial charge on any atom is 0.225 e. The normalized spacial score (nSPS) is 19.7. The molecule has 114 valence electrons. The van der Waals surface area contributed by atoms with E-state index in [9.17, 15) is 4.79 Å². The Hall–Kier alpha value is -1.65. The Bertz CT molecular complexity index is 479. The lowest BCUT2D eigenvalue weighted by atomic mass is 9.89. The average molecular weight is 288 g/mol. The molecule has 0 aromatic carbocycles. The lowest BCUT2D eigenvalue weighted by Crippen LogP contribution is -2.32. The van der Waals surface area contributed by atoms with Crippen LogP contribution in [0.15, 0.2) is 12.3 Å². The van der Waals surface area contributed by atoms with E-state index in [-0.39, 0.29) is 11.8 Å². The Kier molecular flexibility index (Phi) is 4.68. The van der Waals surface area contributed by atoms with E-state index in [1.807, 2.05) is 6.07 Å². The van der Waals surface area contributed by atoms with Crippen molar-refractivity contribution in [1.29, 1.82) is 0 Å². The van der Waals surface area contributed by atoms with Crippen molar-refractivity contribution in [3.05, 3.63) is 18.0 Å². The highest BCUT2D eigenvalue weighted by atomic mass is 16.1. The Morgan fingerprint density at radius 1 is 1.19 bits per heavy atom. The minimum absolute atomic E-state index is 0.191. The van der Waals surface area contributed by atoms with Crippen LogP contribution in [0.4, 0.5) is 5.95 Å². The average Bonchev–Trinajstić information content (AvgIpc) is 3.08. The van der Waals surface area contributed by atoms with Crippen LogP contribution in [0.2, 0.25) is 0 Å². The molecule has 1 saturated heterocycles. The molecule has 0 radical (unpaired) electrons. The van der Waals surface area contributed by atoms with Gasteiger partial charge in [0, 0.05) is 25.2 Å². The van der Waals surface area contributed by atoms with Crippen molar-refractivity contribution in [3.63, 3.8) is 0 Å². The Labute approximate surface area is 126 Å². The van der Waals surface area contributed by atoms with Crippen molar-refractivity contribution in [2.75, 3.05) is 18.0 Å². The molecule has 1 aliphatic carbocycles. The first-order chi connectivity index (χ1) is 10.3. The van der Waals surface area contributed by atoms with Gasteiger partial charge in [-0.2, -0.15) is 0 Å². The number of amides is 1. The number of hydrogen-bond donors (Lipinski definition) is 1. The molecule has 2 fully saturated rings. The van der Waals surface area contributed by atoms with Crippen LogP contribution in [-0.2, 0) is 11.3 Å². The number of anilines is 1. The predicted molar refractivity (Wildman–Crippen MR) is 81.9 cm³/mol. The summed E-state index contributed by atoms with van der Waals surface area (Å²) in [4.78, 5) is 23.3. The second-order valence-corrected chi connectivity index (χ2v) is 6.09. The first kappa shape index (κ1) is 14.3. The Balaban J connectivity index is 1.54. The molecule has 1 aromatic rings. The molecule has 0 unspecified atom stereocenters. The highest BCUT2D eigenvalue weighted by Crippen LogP contribution is 2.23. The SMILES string of the molecule is O=C(NCc1ccnc(N2CCCC2)n1)C1CCCCC1.